The van der Waals surface area contributed by atoms with Gasteiger partial charge in [-0.3, -0.25) is 0 Å². The third-order valence-electron chi connectivity index (χ3n) is 2.45. The summed E-state index contributed by atoms with van der Waals surface area (Å²) in [6.07, 6.45) is 0. The van der Waals surface area contributed by atoms with Gasteiger partial charge in [0.25, 0.3) is 0 Å². The summed E-state index contributed by atoms with van der Waals surface area (Å²) >= 11 is 3.51. The molecule has 0 saturated heterocycles. The maximum atomic E-state index is 4.50. The Hall–Kier alpha value is -1.61. The van der Waals surface area contributed by atoms with Crippen molar-refractivity contribution >= 4 is 33.1 Å². The highest BCUT2D eigenvalue weighted by molar-refractivity contribution is 9.10. The zero-order valence-electron chi connectivity index (χ0n) is 8.39. The predicted octanol–water partition coefficient (Wildman–Crippen LogP) is 3.78. The van der Waals surface area contributed by atoms with Gasteiger partial charge in [-0.1, -0.05) is 46.3 Å². The van der Waals surface area contributed by atoms with Crippen molar-refractivity contribution in [3.63, 3.8) is 0 Å². The number of benzene rings is 2. The van der Waals surface area contributed by atoms with Crippen LogP contribution in [0.1, 0.15) is 5.56 Å². The number of hydrogen-bond donors (Lipinski definition) is 0. The largest absolute Gasteiger partial charge is 0.226 e. The van der Waals surface area contributed by atoms with E-state index in [4.69, 9.17) is 0 Å². The summed E-state index contributed by atoms with van der Waals surface area (Å²) in [6.45, 7) is 0. The molecular formula is C13H8BrN2. The zero-order chi connectivity index (χ0) is 11.0. The predicted molar refractivity (Wildman–Crippen MR) is 68.6 cm³/mol. The van der Waals surface area contributed by atoms with Gasteiger partial charge in [-0.25, -0.2) is 10.3 Å². The van der Waals surface area contributed by atoms with Gasteiger partial charge in [-0.05, 0) is 18.2 Å². The molecule has 0 bridgehead atoms. The average Bonchev–Trinajstić information content (AvgIpc) is 2.73. The van der Waals surface area contributed by atoms with Gasteiger partial charge in [0.05, 0.1) is 11.4 Å². The maximum Gasteiger partial charge on any atom is 0.161 e. The molecule has 0 spiro atoms. The summed E-state index contributed by atoms with van der Waals surface area (Å²) < 4.78 is 1.02. The normalized spacial score (nSPS) is 12.9. The van der Waals surface area contributed by atoms with Crippen molar-refractivity contribution in [2.24, 2.45) is 4.99 Å². The fraction of sp³-hybridized carbons (Fsp3) is 0. The van der Waals surface area contributed by atoms with E-state index in [-0.39, 0.29) is 0 Å². The van der Waals surface area contributed by atoms with E-state index in [2.05, 4.69) is 26.2 Å². The summed E-state index contributed by atoms with van der Waals surface area (Å²) in [6, 6.07) is 15.9. The minimum absolute atomic E-state index is 0.772. The van der Waals surface area contributed by atoms with Crippen LogP contribution in [-0.4, -0.2) is 5.84 Å². The van der Waals surface area contributed by atoms with Crippen LogP contribution < -0.4 is 5.32 Å². The smallest absolute Gasteiger partial charge is 0.161 e. The lowest BCUT2D eigenvalue weighted by Gasteiger charge is -2.02. The van der Waals surface area contributed by atoms with Gasteiger partial charge in [0.1, 0.15) is 0 Å². The van der Waals surface area contributed by atoms with Crippen LogP contribution in [0, 0.1) is 0 Å². The Balaban J connectivity index is 2.05. The third-order valence-corrected chi connectivity index (χ3v) is 3.14. The molecule has 77 valence electrons. The Kier molecular flexibility index (Phi) is 2.26. The maximum absolute atomic E-state index is 4.50. The molecule has 0 aliphatic carbocycles. The minimum Gasteiger partial charge on any atom is -0.226 e. The first-order chi connectivity index (χ1) is 7.84. The zero-order valence-corrected chi connectivity index (χ0v) is 9.98. The van der Waals surface area contributed by atoms with Crippen LogP contribution >= 0.6 is 15.9 Å². The van der Waals surface area contributed by atoms with E-state index in [9.17, 15) is 0 Å². The Labute approximate surface area is 102 Å². The number of hydrogen-bond acceptors (Lipinski definition) is 1. The van der Waals surface area contributed by atoms with Crippen molar-refractivity contribution < 1.29 is 0 Å². The fourth-order valence-electron chi connectivity index (χ4n) is 1.67. The molecular weight excluding hydrogens is 264 g/mol. The van der Waals surface area contributed by atoms with Crippen LogP contribution in [0.2, 0.25) is 0 Å². The topological polar surface area (TPSA) is 26.5 Å². The van der Waals surface area contributed by atoms with Gasteiger partial charge in [0.2, 0.25) is 0 Å². The summed E-state index contributed by atoms with van der Waals surface area (Å²) in [5.74, 6) is 0.772. The molecule has 0 fully saturated rings. The molecule has 2 aromatic rings. The van der Waals surface area contributed by atoms with Crippen LogP contribution in [0.25, 0.3) is 0 Å². The molecule has 3 heteroatoms. The van der Waals surface area contributed by atoms with E-state index < -0.39 is 0 Å². The van der Waals surface area contributed by atoms with Crippen molar-refractivity contribution in [3.8, 4) is 0 Å². The second kappa shape index (κ2) is 3.76. The Bertz CT molecular complexity index is 576. The monoisotopic (exact) mass is 271 g/mol. The van der Waals surface area contributed by atoms with E-state index in [1.54, 1.807) is 0 Å². The fourth-order valence-corrected chi connectivity index (χ4v) is 2.13. The summed E-state index contributed by atoms with van der Waals surface area (Å²) in [5.41, 5.74) is 2.90. The number of rotatable bonds is 1. The third kappa shape index (κ3) is 1.53. The van der Waals surface area contributed by atoms with Gasteiger partial charge in [0.15, 0.2) is 5.84 Å². The molecule has 1 aliphatic rings. The summed E-state index contributed by atoms with van der Waals surface area (Å²) in [5, 5.41) is 4.50. The highest BCUT2D eigenvalue weighted by Gasteiger charge is 2.17. The number of halogens is 1. The molecule has 3 rings (SSSR count). The second-order valence-electron chi connectivity index (χ2n) is 3.52. The molecule has 0 amide bonds. The SMILES string of the molecule is Brc1ccccc1C1=Nc2ccccc2[N]1. The number of amidine groups is 1. The molecule has 0 atom stereocenters. The molecule has 1 radical (unpaired) electrons. The van der Waals surface area contributed by atoms with Crippen molar-refractivity contribution in [2.75, 3.05) is 0 Å². The first-order valence-corrected chi connectivity index (χ1v) is 5.78. The Morgan fingerprint density at radius 2 is 1.50 bits per heavy atom. The first-order valence-electron chi connectivity index (χ1n) is 4.99. The van der Waals surface area contributed by atoms with Crippen LogP contribution in [0.15, 0.2) is 58.0 Å². The molecule has 16 heavy (non-hydrogen) atoms. The van der Waals surface area contributed by atoms with E-state index in [0.29, 0.717) is 0 Å². The lowest BCUT2D eigenvalue weighted by molar-refractivity contribution is 1.30. The average molecular weight is 272 g/mol. The van der Waals surface area contributed by atoms with Crippen LogP contribution in [0.4, 0.5) is 11.4 Å². The van der Waals surface area contributed by atoms with E-state index in [1.165, 1.54) is 0 Å². The summed E-state index contributed by atoms with van der Waals surface area (Å²) in [7, 11) is 0. The molecule has 0 saturated carbocycles. The van der Waals surface area contributed by atoms with Crippen LogP contribution in [0.3, 0.4) is 0 Å². The van der Waals surface area contributed by atoms with E-state index >= 15 is 0 Å². The Morgan fingerprint density at radius 1 is 0.812 bits per heavy atom. The standard InChI is InChI=1S/C13H8BrN2/c14-10-6-2-1-5-9(10)13-15-11-7-3-4-8-12(11)16-13/h1-8H. The molecule has 2 aromatic carbocycles. The van der Waals surface area contributed by atoms with Gasteiger partial charge in [-0.2, -0.15) is 0 Å². The molecule has 0 unspecified atom stereocenters. The van der Waals surface area contributed by atoms with Crippen molar-refractivity contribution in [2.45, 2.75) is 0 Å². The second-order valence-corrected chi connectivity index (χ2v) is 4.37. The van der Waals surface area contributed by atoms with Crippen molar-refractivity contribution in [3.05, 3.63) is 58.6 Å². The van der Waals surface area contributed by atoms with Crippen molar-refractivity contribution in [1.29, 1.82) is 0 Å². The van der Waals surface area contributed by atoms with Crippen LogP contribution in [-0.2, 0) is 0 Å². The number of para-hydroxylation sites is 2. The molecule has 2 nitrogen and oxygen atoms in total. The molecule has 0 aromatic heterocycles. The Morgan fingerprint density at radius 3 is 2.25 bits per heavy atom. The molecule has 0 N–H and O–H groups in total. The minimum atomic E-state index is 0.772. The lowest BCUT2D eigenvalue weighted by atomic mass is 10.2. The van der Waals surface area contributed by atoms with E-state index in [0.717, 1.165) is 27.2 Å². The first kappa shape index (κ1) is 9.60. The van der Waals surface area contributed by atoms with Crippen LogP contribution in [0.5, 0.6) is 0 Å². The van der Waals surface area contributed by atoms with Gasteiger partial charge in [-0.15, -0.1) is 0 Å². The highest BCUT2D eigenvalue weighted by Crippen LogP contribution is 2.32. The summed E-state index contributed by atoms with van der Waals surface area (Å²) in [4.78, 5) is 4.50. The quantitative estimate of drug-likeness (QED) is 0.755. The highest BCUT2D eigenvalue weighted by atomic mass is 79.9. The molecule has 1 heterocycles. The van der Waals surface area contributed by atoms with Gasteiger partial charge >= 0.3 is 0 Å². The van der Waals surface area contributed by atoms with Gasteiger partial charge < -0.3 is 0 Å². The number of nitrogens with zero attached hydrogens (tertiary/aromatic N) is 2. The van der Waals surface area contributed by atoms with Gasteiger partial charge in [0, 0.05) is 10.0 Å². The van der Waals surface area contributed by atoms with Crippen molar-refractivity contribution in [1.82, 2.24) is 5.32 Å². The molecule has 1 aliphatic heterocycles. The van der Waals surface area contributed by atoms with E-state index in [1.807, 2.05) is 48.5 Å². The number of aliphatic imine (C=N–C) groups is 1. The lowest BCUT2D eigenvalue weighted by Crippen LogP contribution is -2.08. The number of fused-ring (bicyclic) bond motifs is 1.